The van der Waals surface area contributed by atoms with Gasteiger partial charge in [-0.1, -0.05) is 38.5 Å². The van der Waals surface area contributed by atoms with E-state index < -0.39 is 18.1 Å². The topological polar surface area (TPSA) is 87.7 Å². The number of carbonyl (C=O) groups is 2. The van der Waals surface area contributed by atoms with E-state index in [4.69, 9.17) is 5.11 Å². The Kier molecular flexibility index (Phi) is 10.5. The van der Waals surface area contributed by atoms with Crippen molar-refractivity contribution < 1.29 is 19.4 Å². The second-order valence-corrected chi connectivity index (χ2v) is 6.76. The van der Waals surface area contributed by atoms with Crippen molar-refractivity contribution in [2.24, 2.45) is 0 Å². The average Bonchev–Trinajstić information content (AvgIpc) is 2.57. The van der Waals surface area contributed by atoms with E-state index in [0.29, 0.717) is 0 Å². The first-order chi connectivity index (χ1) is 11.5. The van der Waals surface area contributed by atoms with Crippen molar-refractivity contribution in [2.45, 2.75) is 96.2 Å². The highest BCUT2D eigenvalue weighted by molar-refractivity contribution is 5.79. The third-order valence-corrected chi connectivity index (χ3v) is 4.66. The minimum absolute atomic E-state index is 0.234. The van der Waals surface area contributed by atoms with Crippen LogP contribution in [0.25, 0.3) is 0 Å². The first kappa shape index (κ1) is 20.7. The van der Waals surface area contributed by atoms with Gasteiger partial charge >= 0.3 is 12.1 Å². The molecule has 1 amide bonds. The molecule has 2 aliphatic carbocycles. The number of hydrogen-bond donors (Lipinski definition) is 3. The maximum atomic E-state index is 10.6. The van der Waals surface area contributed by atoms with Gasteiger partial charge in [0.05, 0.1) is 6.61 Å². The van der Waals surface area contributed by atoms with Crippen LogP contribution < -0.4 is 10.6 Å². The number of ether oxygens (including phenoxy) is 1. The van der Waals surface area contributed by atoms with E-state index in [1.807, 2.05) is 0 Å². The van der Waals surface area contributed by atoms with Crippen LogP contribution in [-0.4, -0.2) is 41.9 Å². The largest absolute Gasteiger partial charge is 0.480 e. The number of nitrogens with one attached hydrogen (secondary N) is 2. The molecule has 1 unspecified atom stereocenters. The average molecular weight is 342 g/mol. The zero-order valence-electron chi connectivity index (χ0n) is 15.2. The molecule has 0 aromatic carbocycles. The lowest BCUT2D eigenvalue weighted by Crippen LogP contribution is -2.40. The summed E-state index contributed by atoms with van der Waals surface area (Å²) < 4.78 is 4.45. The normalized spacial score (nSPS) is 20.4. The molecule has 3 N–H and O–H groups in total. The van der Waals surface area contributed by atoms with E-state index in [1.165, 1.54) is 71.1 Å². The standard InChI is InChI=1S/C12H23N.C6H11NO4/c1-3-7-11(8-4-1)13-12-9-5-2-6-10-12;1-3-11-6(10)7-4(2)5(8)9/h11-13H,1-10H2;4H,3H2,1-2H3,(H,7,10)(H,8,9). The van der Waals surface area contributed by atoms with Crippen molar-refractivity contribution in [2.75, 3.05) is 6.61 Å². The number of alkyl carbamates (subject to hydrolysis) is 1. The highest BCUT2D eigenvalue weighted by atomic mass is 16.5. The first-order valence-corrected chi connectivity index (χ1v) is 9.45. The molecule has 0 heterocycles. The van der Waals surface area contributed by atoms with E-state index in [2.05, 4.69) is 15.4 Å². The van der Waals surface area contributed by atoms with Crippen LogP contribution in [0.15, 0.2) is 0 Å². The lowest BCUT2D eigenvalue weighted by Gasteiger charge is -2.30. The van der Waals surface area contributed by atoms with Crippen molar-refractivity contribution in [1.82, 2.24) is 10.6 Å². The molecule has 0 aromatic rings. The molecule has 0 bridgehead atoms. The molecule has 6 heteroatoms. The summed E-state index contributed by atoms with van der Waals surface area (Å²) in [5, 5.41) is 14.3. The molecule has 0 spiro atoms. The van der Waals surface area contributed by atoms with Crippen molar-refractivity contribution in [3.63, 3.8) is 0 Å². The Balaban J connectivity index is 0.000000245. The van der Waals surface area contributed by atoms with Crippen molar-refractivity contribution in [1.29, 1.82) is 0 Å². The van der Waals surface area contributed by atoms with Gasteiger partial charge in [0.15, 0.2) is 0 Å². The predicted octanol–water partition coefficient (Wildman–Crippen LogP) is 3.45. The van der Waals surface area contributed by atoms with Gasteiger partial charge in [-0.15, -0.1) is 0 Å². The van der Waals surface area contributed by atoms with Crippen LogP contribution in [0.3, 0.4) is 0 Å². The van der Waals surface area contributed by atoms with Gasteiger partial charge in [-0.05, 0) is 39.5 Å². The molecule has 140 valence electrons. The Bertz CT molecular complexity index is 348. The van der Waals surface area contributed by atoms with E-state index in [9.17, 15) is 9.59 Å². The smallest absolute Gasteiger partial charge is 0.407 e. The summed E-state index contributed by atoms with van der Waals surface area (Å²) >= 11 is 0. The van der Waals surface area contributed by atoms with Gasteiger partial charge in [-0.25, -0.2) is 4.79 Å². The highest BCUT2D eigenvalue weighted by Crippen LogP contribution is 2.22. The Hall–Kier alpha value is -1.30. The zero-order valence-corrected chi connectivity index (χ0v) is 15.2. The summed E-state index contributed by atoms with van der Waals surface area (Å²) in [4.78, 5) is 20.7. The number of aliphatic carboxylic acids is 1. The molecule has 24 heavy (non-hydrogen) atoms. The summed E-state index contributed by atoms with van der Waals surface area (Å²) in [5.74, 6) is -1.09. The first-order valence-electron chi connectivity index (χ1n) is 9.45. The zero-order chi connectivity index (χ0) is 17.8. The lowest BCUT2D eigenvalue weighted by atomic mass is 9.91. The van der Waals surface area contributed by atoms with Crippen LogP contribution in [0.5, 0.6) is 0 Å². The maximum Gasteiger partial charge on any atom is 0.407 e. The van der Waals surface area contributed by atoms with Gasteiger partial charge in [-0.3, -0.25) is 4.79 Å². The second-order valence-electron chi connectivity index (χ2n) is 6.76. The molecule has 0 radical (unpaired) electrons. The predicted molar refractivity (Wildman–Crippen MR) is 94.1 cm³/mol. The monoisotopic (exact) mass is 342 g/mol. The molecular weight excluding hydrogens is 308 g/mol. The molecule has 0 aromatic heterocycles. The quantitative estimate of drug-likeness (QED) is 0.712. The van der Waals surface area contributed by atoms with E-state index in [1.54, 1.807) is 6.92 Å². The lowest BCUT2D eigenvalue weighted by molar-refractivity contribution is -0.138. The fraction of sp³-hybridized carbons (Fsp3) is 0.889. The molecule has 6 nitrogen and oxygen atoms in total. The maximum absolute atomic E-state index is 10.6. The molecule has 0 aliphatic heterocycles. The van der Waals surface area contributed by atoms with Gasteiger partial charge in [0.2, 0.25) is 0 Å². The third-order valence-electron chi connectivity index (χ3n) is 4.66. The SMILES string of the molecule is C1CCC(NC2CCCCC2)CC1.CCOC(=O)NC(C)C(=O)O. The highest BCUT2D eigenvalue weighted by Gasteiger charge is 2.19. The van der Waals surface area contributed by atoms with Crippen LogP contribution in [0.2, 0.25) is 0 Å². The van der Waals surface area contributed by atoms with Crippen molar-refractivity contribution in [3.8, 4) is 0 Å². The summed E-state index contributed by atoms with van der Waals surface area (Å²) in [6.07, 6.45) is 13.9. The summed E-state index contributed by atoms with van der Waals surface area (Å²) in [7, 11) is 0. The second kappa shape index (κ2) is 12.1. The van der Waals surface area contributed by atoms with Crippen LogP contribution in [0.1, 0.15) is 78.1 Å². The molecule has 2 aliphatic rings. The Morgan fingerprint density at radius 3 is 1.83 bits per heavy atom. The van der Waals surface area contributed by atoms with Crippen LogP contribution >= 0.6 is 0 Å². The third kappa shape index (κ3) is 9.11. The Morgan fingerprint density at radius 1 is 1.00 bits per heavy atom. The number of carboxylic acids is 1. The van der Waals surface area contributed by atoms with E-state index in [0.717, 1.165) is 12.1 Å². The molecule has 2 rings (SSSR count). The van der Waals surface area contributed by atoms with E-state index in [-0.39, 0.29) is 6.61 Å². The number of rotatable bonds is 5. The number of amides is 1. The van der Waals surface area contributed by atoms with Crippen LogP contribution in [0.4, 0.5) is 4.79 Å². The molecule has 0 saturated heterocycles. The molecular formula is C18H34N2O4. The molecule has 2 saturated carbocycles. The Morgan fingerprint density at radius 2 is 1.46 bits per heavy atom. The minimum atomic E-state index is -1.09. The number of carboxylic acid groups (broad SMARTS) is 1. The van der Waals surface area contributed by atoms with Crippen molar-refractivity contribution in [3.05, 3.63) is 0 Å². The fourth-order valence-corrected chi connectivity index (χ4v) is 3.28. The summed E-state index contributed by atoms with van der Waals surface area (Å²) in [5.41, 5.74) is 0. The van der Waals surface area contributed by atoms with E-state index >= 15 is 0 Å². The van der Waals surface area contributed by atoms with Gasteiger partial charge in [0, 0.05) is 12.1 Å². The van der Waals surface area contributed by atoms with Crippen LogP contribution in [-0.2, 0) is 9.53 Å². The molecule has 1 atom stereocenters. The number of carbonyl (C=O) groups excluding carboxylic acids is 1. The number of hydrogen-bond acceptors (Lipinski definition) is 4. The van der Waals surface area contributed by atoms with Crippen LogP contribution in [0, 0.1) is 0 Å². The molecule has 2 fully saturated rings. The summed E-state index contributed by atoms with van der Waals surface area (Å²) in [6.45, 7) is 3.24. The van der Waals surface area contributed by atoms with Gasteiger partial charge in [-0.2, -0.15) is 0 Å². The van der Waals surface area contributed by atoms with Gasteiger partial charge < -0.3 is 20.5 Å². The fourth-order valence-electron chi connectivity index (χ4n) is 3.28. The minimum Gasteiger partial charge on any atom is -0.480 e. The summed E-state index contributed by atoms with van der Waals surface area (Å²) in [6, 6.07) is 0.836. The van der Waals surface area contributed by atoms with Gasteiger partial charge in [0.25, 0.3) is 0 Å². The van der Waals surface area contributed by atoms with Crippen molar-refractivity contribution >= 4 is 12.1 Å². The Labute approximate surface area is 145 Å². The van der Waals surface area contributed by atoms with Gasteiger partial charge in [0.1, 0.15) is 6.04 Å².